The molecule has 7 nitrogen and oxygen atoms in total. The van der Waals surface area contributed by atoms with Gasteiger partial charge in [0, 0.05) is 50.2 Å². The van der Waals surface area contributed by atoms with Gasteiger partial charge in [-0.3, -0.25) is 0 Å². The Morgan fingerprint density at radius 3 is 2.52 bits per heavy atom. The monoisotopic (exact) mass is 376 g/mol. The summed E-state index contributed by atoms with van der Waals surface area (Å²) in [5.41, 5.74) is 4.42. The second-order valence-corrected chi connectivity index (χ2v) is 6.60. The van der Waals surface area contributed by atoms with Crippen LogP contribution in [0.15, 0.2) is 41.7 Å². The van der Waals surface area contributed by atoms with Gasteiger partial charge in [-0.1, -0.05) is 6.07 Å². The second-order valence-electron chi connectivity index (χ2n) is 6.60. The van der Waals surface area contributed by atoms with E-state index < -0.39 is 17.2 Å². The van der Waals surface area contributed by atoms with Crippen LogP contribution in [0.5, 0.6) is 0 Å². The van der Waals surface area contributed by atoms with Gasteiger partial charge in [-0.15, -0.1) is 0 Å². The molecule has 2 aromatic rings. The van der Waals surface area contributed by atoms with E-state index in [-0.39, 0.29) is 18.1 Å². The van der Waals surface area contributed by atoms with Gasteiger partial charge < -0.3 is 20.6 Å². The molecule has 1 fully saturated rings. The number of benzene rings is 1. The molecular formula is C18H22F2N6O. The fourth-order valence-electron chi connectivity index (χ4n) is 2.94. The molecule has 3 rings (SSSR count). The Morgan fingerprint density at radius 2 is 1.89 bits per heavy atom. The number of aliphatic imine (C=N–C) groups is 1. The van der Waals surface area contributed by atoms with Gasteiger partial charge in [-0.05, 0) is 19.1 Å². The molecule has 1 aliphatic rings. The number of rotatable bonds is 4. The first-order chi connectivity index (χ1) is 12.9. The van der Waals surface area contributed by atoms with Crippen LogP contribution in [0.3, 0.4) is 0 Å². The number of aromatic nitrogens is 2. The zero-order valence-electron chi connectivity index (χ0n) is 15.0. The van der Waals surface area contributed by atoms with Crippen molar-refractivity contribution in [2.24, 2.45) is 10.7 Å². The predicted octanol–water partition coefficient (Wildman–Crippen LogP) is 1.10. The predicted molar refractivity (Wildman–Crippen MR) is 98.2 cm³/mol. The summed E-state index contributed by atoms with van der Waals surface area (Å²) in [4.78, 5) is 16.6. The van der Waals surface area contributed by atoms with Crippen molar-refractivity contribution in [3.8, 4) is 0 Å². The van der Waals surface area contributed by atoms with E-state index in [0.29, 0.717) is 32.1 Å². The van der Waals surface area contributed by atoms with Crippen molar-refractivity contribution in [2.75, 3.05) is 37.6 Å². The van der Waals surface area contributed by atoms with Crippen molar-refractivity contribution in [3.05, 3.63) is 53.9 Å². The van der Waals surface area contributed by atoms with E-state index in [4.69, 9.17) is 5.73 Å². The Balaban J connectivity index is 1.61. The molecule has 1 saturated heterocycles. The first-order valence-corrected chi connectivity index (χ1v) is 8.61. The highest BCUT2D eigenvalue weighted by Crippen LogP contribution is 2.24. The third-order valence-corrected chi connectivity index (χ3v) is 4.50. The van der Waals surface area contributed by atoms with Crippen LogP contribution in [-0.4, -0.2) is 58.7 Å². The summed E-state index contributed by atoms with van der Waals surface area (Å²) in [5.74, 6) is -0.575. The topological polar surface area (TPSA) is 90.9 Å². The average molecular weight is 376 g/mol. The molecule has 3 N–H and O–H groups in total. The highest BCUT2D eigenvalue weighted by atomic mass is 19.1. The molecule has 0 bridgehead atoms. The fraction of sp³-hybridized carbons (Fsp3) is 0.389. The molecule has 0 amide bonds. The zero-order valence-corrected chi connectivity index (χ0v) is 15.0. The van der Waals surface area contributed by atoms with Crippen molar-refractivity contribution in [1.82, 2.24) is 14.9 Å². The lowest BCUT2D eigenvalue weighted by molar-refractivity contribution is 0.0630. The van der Waals surface area contributed by atoms with Crippen LogP contribution >= 0.6 is 0 Å². The molecule has 1 aromatic heterocycles. The van der Waals surface area contributed by atoms with Crippen molar-refractivity contribution >= 4 is 11.9 Å². The van der Waals surface area contributed by atoms with Gasteiger partial charge in [0.25, 0.3) is 0 Å². The summed E-state index contributed by atoms with van der Waals surface area (Å²) in [6.07, 6.45) is 3.39. The molecule has 0 aliphatic carbocycles. The van der Waals surface area contributed by atoms with Crippen LogP contribution in [0.4, 0.5) is 14.7 Å². The summed E-state index contributed by atoms with van der Waals surface area (Å²) < 4.78 is 27.0. The van der Waals surface area contributed by atoms with Gasteiger partial charge in [-0.2, -0.15) is 0 Å². The number of nitrogens with two attached hydrogens (primary N) is 1. The number of nitrogens with zero attached hydrogens (tertiary/aromatic N) is 5. The highest BCUT2D eigenvalue weighted by Gasteiger charge is 2.27. The lowest BCUT2D eigenvalue weighted by atomic mass is 9.95. The van der Waals surface area contributed by atoms with E-state index in [2.05, 4.69) is 15.0 Å². The number of anilines is 1. The number of hydrogen-bond donors (Lipinski definition) is 2. The standard InChI is InChI=1S/C18H22F2N6O/c1-18(27,14-4-3-13(19)11-15(14)20)12-24-16(21)25-7-9-26(10-8-25)17-22-5-2-6-23-17/h2-6,11,27H,7-10,12H2,1H3,(H2,21,24). The quantitative estimate of drug-likeness (QED) is 0.613. The normalized spacial score (nSPS) is 17.7. The molecule has 0 saturated carbocycles. The SMILES string of the molecule is CC(O)(CN=C(N)N1CCN(c2ncccn2)CC1)c1ccc(F)cc1F. The first kappa shape index (κ1) is 19.0. The number of hydrogen-bond acceptors (Lipinski definition) is 5. The van der Waals surface area contributed by atoms with Crippen LogP contribution in [0.2, 0.25) is 0 Å². The maximum Gasteiger partial charge on any atom is 0.225 e. The summed E-state index contributed by atoms with van der Waals surface area (Å²) >= 11 is 0. The van der Waals surface area contributed by atoms with Crippen LogP contribution in [0, 0.1) is 11.6 Å². The van der Waals surface area contributed by atoms with E-state index in [1.165, 1.54) is 13.0 Å². The van der Waals surface area contributed by atoms with E-state index in [9.17, 15) is 13.9 Å². The molecule has 0 spiro atoms. The Hall–Kier alpha value is -2.81. The molecule has 1 aromatic carbocycles. The van der Waals surface area contributed by atoms with Crippen molar-refractivity contribution in [1.29, 1.82) is 0 Å². The van der Waals surface area contributed by atoms with Crippen molar-refractivity contribution in [2.45, 2.75) is 12.5 Å². The number of guanidine groups is 1. The van der Waals surface area contributed by atoms with E-state index >= 15 is 0 Å². The summed E-state index contributed by atoms with van der Waals surface area (Å²) in [6.45, 7) is 3.90. The van der Waals surface area contributed by atoms with Gasteiger partial charge >= 0.3 is 0 Å². The number of aliphatic hydroxyl groups is 1. The third-order valence-electron chi connectivity index (χ3n) is 4.50. The molecule has 144 valence electrons. The van der Waals surface area contributed by atoms with Gasteiger partial charge in [0.2, 0.25) is 5.95 Å². The van der Waals surface area contributed by atoms with E-state index in [1.807, 2.05) is 9.80 Å². The van der Waals surface area contributed by atoms with Crippen molar-refractivity contribution < 1.29 is 13.9 Å². The van der Waals surface area contributed by atoms with E-state index in [0.717, 1.165) is 12.1 Å². The van der Waals surface area contributed by atoms with Gasteiger partial charge in [0.1, 0.15) is 17.2 Å². The second kappa shape index (κ2) is 7.83. The molecule has 1 atom stereocenters. The summed E-state index contributed by atoms with van der Waals surface area (Å²) in [7, 11) is 0. The van der Waals surface area contributed by atoms with Gasteiger partial charge in [0.05, 0.1) is 6.54 Å². The average Bonchev–Trinajstić information content (AvgIpc) is 2.67. The largest absolute Gasteiger partial charge is 0.383 e. The van der Waals surface area contributed by atoms with Gasteiger partial charge in [0.15, 0.2) is 5.96 Å². The lowest BCUT2D eigenvalue weighted by Gasteiger charge is -2.35. The van der Waals surface area contributed by atoms with Crippen LogP contribution < -0.4 is 10.6 Å². The molecule has 1 aliphatic heterocycles. The fourth-order valence-corrected chi connectivity index (χ4v) is 2.94. The smallest absolute Gasteiger partial charge is 0.225 e. The minimum atomic E-state index is -1.60. The Morgan fingerprint density at radius 1 is 1.22 bits per heavy atom. The molecule has 1 unspecified atom stereocenters. The van der Waals surface area contributed by atoms with E-state index in [1.54, 1.807) is 18.5 Å². The van der Waals surface area contributed by atoms with Crippen LogP contribution in [-0.2, 0) is 5.60 Å². The Bertz CT molecular complexity index is 807. The maximum atomic E-state index is 13.9. The van der Waals surface area contributed by atoms with Crippen LogP contribution in [0.1, 0.15) is 12.5 Å². The maximum absolute atomic E-state index is 13.9. The third kappa shape index (κ3) is 4.48. The highest BCUT2D eigenvalue weighted by molar-refractivity contribution is 5.78. The summed E-state index contributed by atoms with van der Waals surface area (Å²) in [6, 6.07) is 4.82. The molecule has 9 heteroatoms. The number of piperazine rings is 1. The first-order valence-electron chi connectivity index (χ1n) is 8.61. The number of halogens is 2. The van der Waals surface area contributed by atoms with Crippen LogP contribution in [0.25, 0.3) is 0 Å². The van der Waals surface area contributed by atoms with Crippen molar-refractivity contribution in [3.63, 3.8) is 0 Å². The molecular weight excluding hydrogens is 354 g/mol. The van der Waals surface area contributed by atoms with Gasteiger partial charge in [-0.25, -0.2) is 23.7 Å². The molecule has 27 heavy (non-hydrogen) atoms. The zero-order chi connectivity index (χ0) is 19.4. The Kier molecular flexibility index (Phi) is 5.50. The molecule has 0 radical (unpaired) electrons. The minimum Gasteiger partial charge on any atom is -0.383 e. The molecule has 2 heterocycles. The minimum absolute atomic E-state index is 0.0218. The summed E-state index contributed by atoms with van der Waals surface area (Å²) in [5, 5.41) is 10.5. The Labute approximate surface area is 156 Å². The lowest BCUT2D eigenvalue weighted by Crippen LogP contribution is -2.51.